The normalized spacial score (nSPS) is 15.8. The van der Waals surface area contributed by atoms with E-state index < -0.39 is 11.0 Å². The van der Waals surface area contributed by atoms with Crippen molar-refractivity contribution in [2.75, 3.05) is 33.7 Å². The number of amides is 1. The predicted octanol–water partition coefficient (Wildman–Crippen LogP) is 5.09. The average Bonchev–Trinajstić information content (AvgIpc) is 2.87. The van der Waals surface area contributed by atoms with Crippen LogP contribution in [0.15, 0.2) is 84.9 Å². The number of hydrogen-bond donors (Lipinski definition) is 1. The molecule has 1 aliphatic rings. The molecule has 0 saturated carbocycles. The zero-order valence-electron chi connectivity index (χ0n) is 20.5. The SMILES string of the molecule is CN(C)C(=O)C(CCN1CCC(O)(c2ccc(Cl)cc2)CC1)(c1ccccc1)c1ccccc1.[Y]. The van der Waals surface area contributed by atoms with Gasteiger partial charge in [-0.05, 0) is 54.6 Å². The standard InChI is InChI=1S/C29H33ClN2O2.Y/c1-31(2)27(33)29(24-9-5-3-6-10-24,25-11-7-4-8-12-25)19-22-32-20-17-28(34,18-21-32)23-13-15-26(30)16-14-23;/h3-16,34H,17-22H2,1-2H3;. The Morgan fingerprint density at radius 1 is 0.914 bits per heavy atom. The zero-order valence-corrected chi connectivity index (χ0v) is 24.1. The number of likely N-dealkylation sites (tertiary alicyclic amines) is 1. The van der Waals surface area contributed by atoms with Gasteiger partial charge in [-0.2, -0.15) is 0 Å². The molecule has 0 aromatic heterocycles. The summed E-state index contributed by atoms with van der Waals surface area (Å²) in [7, 11) is 3.66. The topological polar surface area (TPSA) is 43.8 Å². The van der Waals surface area contributed by atoms with Crippen molar-refractivity contribution < 1.29 is 42.6 Å². The van der Waals surface area contributed by atoms with E-state index in [9.17, 15) is 9.90 Å². The summed E-state index contributed by atoms with van der Waals surface area (Å²) in [5.41, 5.74) is 1.33. The van der Waals surface area contributed by atoms with Crippen LogP contribution in [0.2, 0.25) is 5.02 Å². The van der Waals surface area contributed by atoms with E-state index in [1.807, 2.05) is 74.8 Å². The van der Waals surface area contributed by atoms with Crippen LogP contribution in [0.4, 0.5) is 0 Å². The molecular weight excluding hydrogens is 533 g/mol. The smallest absolute Gasteiger partial charge is 0.237 e. The van der Waals surface area contributed by atoms with Crippen LogP contribution in [0.3, 0.4) is 0 Å². The molecule has 1 N–H and O–H groups in total. The van der Waals surface area contributed by atoms with Crippen LogP contribution < -0.4 is 0 Å². The maximum absolute atomic E-state index is 13.8. The molecule has 1 saturated heterocycles. The van der Waals surface area contributed by atoms with E-state index in [-0.39, 0.29) is 38.6 Å². The van der Waals surface area contributed by atoms with Crippen molar-refractivity contribution in [3.63, 3.8) is 0 Å². The van der Waals surface area contributed by atoms with E-state index in [0.717, 1.165) is 36.3 Å². The maximum Gasteiger partial charge on any atom is 0.237 e. The first-order chi connectivity index (χ1) is 16.3. The van der Waals surface area contributed by atoms with Crippen LogP contribution in [-0.4, -0.2) is 54.5 Å². The maximum atomic E-state index is 13.8. The summed E-state index contributed by atoms with van der Waals surface area (Å²) in [6.07, 6.45) is 1.97. The second kappa shape index (κ2) is 12.1. The Labute approximate surface area is 239 Å². The van der Waals surface area contributed by atoms with Crippen molar-refractivity contribution in [1.82, 2.24) is 9.80 Å². The molecule has 3 aromatic rings. The quantitative estimate of drug-likeness (QED) is 0.434. The van der Waals surface area contributed by atoms with Gasteiger partial charge in [-0.3, -0.25) is 4.79 Å². The van der Waals surface area contributed by atoms with E-state index in [0.29, 0.717) is 24.3 Å². The third-order valence-corrected chi connectivity index (χ3v) is 7.42. The monoisotopic (exact) mass is 565 g/mol. The number of piperidine rings is 1. The first-order valence-corrected chi connectivity index (χ1v) is 12.3. The molecule has 0 aliphatic carbocycles. The molecule has 4 nitrogen and oxygen atoms in total. The van der Waals surface area contributed by atoms with Gasteiger partial charge in [0.2, 0.25) is 5.91 Å². The molecule has 1 radical (unpaired) electrons. The molecule has 3 aromatic carbocycles. The van der Waals surface area contributed by atoms with Crippen LogP contribution in [0.5, 0.6) is 0 Å². The molecule has 4 rings (SSSR count). The van der Waals surface area contributed by atoms with Gasteiger partial charge in [-0.15, -0.1) is 0 Å². The fraction of sp³-hybridized carbons (Fsp3) is 0.345. The van der Waals surface area contributed by atoms with Crippen LogP contribution in [0.25, 0.3) is 0 Å². The number of benzene rings is 3. The number of carbonyl (C=O) groups is 1. The summed E-state index contributed by atoms with van der Waals surface area (Å²) < 4.78 is 0. The Kier molecular flexibility index (Phi) is 9.70. The van der Waals surface area contributed by atoms with Crippen LogP contribution >= 0.6 is 11.6 Å². The molecule has 181 valence electrons. The number of hydrogen-bond acceptors (Lipinski definition) is 3. The van der Waals surface area contributed by atoms with Gasteiger partial charge >= 0.3 is 0 Å². The Morgan fingerprint density at radius 3 is 1.86 bits per heavy atom. The minimum atomic E-state index is -0.837. The van der Waals surface area contributed by atoms with Gasteiger partial charge in [0.15, 0.2) is 0 Å². The van der Waals surface area contributed by atoms with Crippen molar-refractivity contribution in [1.29, 1.82) is 0 Å². The Bertz CT molecular complexity index is 1040. The molecular formula is C29H33ClN2O2Y. The second-order valence-corrected chi connectivity index (χ2v) is 9.90. The van der Waals surface area contributed by atoms with Crippen molar-refractivity contribution in [2.24, 2.45) is 0 Å². The third kappa shape index (κ3) is 6.06. The van der Waals surface area contributed by atoms with Gasteiger partial charge in [-0.1, -0.05) is 84.4 Å². The van der Waals surface area contributed by atoms with Crippen LogP contribution in [0, 0.1) is 0 Å². The van der Waals surface area contributed by atoms with E-state index >= 15 is 0 Å². The second-order valence-electron chi connectivity index (χ2n) is 9.47. The molecule has 0 unspecified atom stereocenters. The van der Waals surface area contributed by atoms with Gasteiger partial charge in [0, 0.05) is 64.9 Å². The first kappa shape index (κ1) is 28.0. The largest absolute Gasteiger partial charge is 0.385 e. The molecule has 6 heteroatoms. The summed E-state index contributed by atoms with van der Waals surface area (Å²) in [5.74, 6) is 0.0829. The zero-order chi connectivity index (χ0) is 24.2. The number of likely N-dealkylation sites (N-methyl/N-ethyl adjacent to an activating group) is 1. The van der Waals surface area contributed by atoms with E-state index in [2.05, 4.69) is 29.2 Å². The number of nitrogens with zero attached hydrogens (tertiary/aromatic N) is 2. The van der Waals surface area contributed by atoms with Crippen LogP contribution in [-0.2, 0) is 48.5 Å². The Balaban J connectivity index is 0.00000342. The van der Waals surface area contributed by atoms with Gasteiger partial charge < -0.3 is 14.9 Å². The molecule has 0 bridgehead atoms. The average molecular weight is 566 g/mol. The third-order valence-electron chi connectivity index (χ3n) is 7.17. The minimum absolute atomic E-state index is 0. The molecule has 35 heavy (non-hydrogen) atoms. The molecule has 1 aliphatic heterocycles. The van der Waals surface area contributed by atoms with Crippen molar-refractivity contribution in [3.8, 4) is 0 Å². The van der Waals surface area contributed by atoms with Gasteiger partial charge in [0.25, 0.3) is 0 Å². The van der Waals surface area contributed by atoms with Crippen LogP contribution in [0.1, 0.15) is 36.0 Å². The van der Waals surface area contributed by atoms with Gasteiger partial charge in [0.05, 0.1) is 5.60 Å². The number of halogens is 1. The summed E-state index contributed by atoms with van der Waals surface area (Å²) in [6, 6.07) is 27.7. The minimum Gasteiger partial charge on any atom is -0.385 e. The van der Waals surface area contributed by atoms with E-state index in [1.54, 1.807) is 4.90 Å². The molecule has 0 spiro atoms. The summed E-state index contributed by atoms with van der Waals surface area (Å²) in [4.78, 5) is 17.9. The molecule has 1 fully saturated rings. The fourth-order valence-corrected chi connectivity index (χ4v) is 5.28. The van der Waals surface area contributed by atoms with E-state index in [4.69, 9.17) is 11.6 Å². The Morgan fingerprint density at radius 2 is 1.40 bits per heavy atom. The summed E-state index contributed by atoms with van der Waals surface area (Å²) in [5, 5.41) is 11.9. The Hall–Kier alpha value is -1.56. The molecule has 1 amide bonds. The van der Waals surface area contributed by atoms with Crippen molar-refractivity contribution in [3.05, 3.63) is 107 Å². The predicted molar refractivity (Wildman–Crippen MR) is 138 cm³/mol. The van der Waals surface area contributed by atoms with Gasteiger partial charge in [-0.25, -0.2) is 0 Å². The number of carbonyl (C=O) groups excluding carboxylic acids is 1. The first-order valence-electron chi connectivity index (χ1n) is 11.9. The number of rotatable bonds is 7. The molecule has 1 heterocycles. The summed E-state index contributed by atoms with van der Waals surface area (Å²) >= 11 is 6.03. The summed E-state index contributed by atoms with van der Waals surface area (Å²) in [6.45, 7) is 2.31. The van der Waals surface area contributed by atoms with Crippen molar-refractivity contribution in [2.45, 2.75) is 30.3 Å². The number of aliphatic hydroxyl groups is 1. The van der Waals surface area contributed by atoms with E-state index in [1.165, 1.54) is 0 Å². The van der Waals surface area contributed by atoms with Gasteiger partial charge in [0.1, 0.15) is 5.41 Å². The fourth-order valence-electron chi connectivity index (χ4n) is 5.16. The van der Waals surface area contributed by atoms with Crippen molar-refractivity contribution >= 4 is 17.5 Å². The molecule has 0 atom stereocenters.